The standard InChI is InChI=1S/C41H56N2O10/c1-23(2)16-27-18-35(45)52-37-36(53-40(47)41(37,7)22-44)26(6)11-12-28-13-14-31(42-28)38-43-32(34(51-38)21-50-39(27)46)19-29-30(25(5)10-9-15-48-8)20-49-33(29)17-24(3)4/h11,13-14,18-19,23-24,32-34,36-37,42,44H,9-10,12,15-17,20-22H2,1-8H3/b26-11+,27-18+,29-19-,30-25+/t32-,33+,34-,36+,37-,41+/m0/s1. The number of ether oxygens (including phenoxy) is 6. The van der Waals surface area contributed by atoms with Crippen LogP contribution in [-0.2, 0) is 49.2 Å². The molecule has 1 aromatic rings. The summed E-state index contributed by atoms with van der Waals surface area (Å²) in [5, 5.41) is 10.2. The fourth-order valence-corrected chi connectivity index (χ4v) is 7.15. The van der Waals surface area contributed by atoms with Crippen molar-refractivity contribution in [2.45, 2.75) is 111 Å². The third-order valence-electron chi connectivity index (χ3n) is 10.3. The molecule has 0 saturated carbocycles. The lowest BCUT2D eigenvalue weighted by Crippen LogP contribution is -2.43. The van der Waals surface area contributed by atoms with Crippen molar-refractivity contribution in [2.75, 3.05) is 33.5 Å². The van der Waals surface area contributed by atoms with Crippen LogP contribution in [0.2, 0.25) is 0 Å². The number of carbonyl (C=O) groups is 3. The number of allylic oxidation sites excluding steroid dienone is 2. The number of nitrogens with zero attached hydrogens (tertiary/aromatic N) is 1. The number of aliphatic hydroxyl groups is 1. The zero-order chi connectivity index (χ0) is 38.4. The fraction of sp³-hybridized carbons (Fsp3) is 0.610. The predicted octanol–water partition coefficient (Wildman–Crippen LogP) is 5.50. The molecule has 290 valence electrons. The number of aliphatic imine (C=N–C) groups is 1. The molecule has 4 bridgehead atoms. The minimum atomic E-state index is -1.49. The van der Waals surface area contributed by atoms with E-state index in [9.17, 15) is 19.5 Å². The molecule has 4 aliphatic heterocycles. The summed E-state index contributed by atoms with van der Waals surface area (Å²) < 4.78 is 35.5. The van der Waals surface area contributed by atoms with E-state index in [0.29, 0.717) is 42.7 Å². The molecular weight excluding hydrogens is 680 g/mol. The Bertz CT molecular complexity index is 1680. The number of esters is 3. The van der Waals surface area contributed by atoms with Crippen molar-refractivity contribution in [1.82, 2.24) is 4.98 Å². The first-order valence-corrected chi connectivity index (χ1v) is 18.7. The molecule has 0 amide bonds. The van der Waals surface area contributed by atoms with Crippen molar-refractivity contribution < 1.29 is 47.9 Å². The Kier molecular flexibility index (Phi) is 13.2. The number of hydrogen-bond donors (Lipinski definition) is 2. The number of nitrogens with one attached hydrogen (secondary N) is 1. The third kappa shape index (κ3) is 9.39. The number of aromatic nitrogens is 1. The molecular formula is C41H56N2O10. The van der Waals surface area contributed by atoms with E-state index in [2.05, 4.69) is 31.8 Å². The molecule has 2 saturated heterocycles. The van der Waals surface area contributed by atoms with Crippen LogP contribution >= 0.6 is 0 Å². The van der Waals surface area contributed by atoms with Gasteiger partial charge in [0.25, 0.3) is 0 Å². The van der Waals surface area contributed by atoms with Gasteiger partial charge in [0.2, 0.25) is 5.90 Å². The minimum Gasteiger partial charge on any atom is -0.467 e. The van der Waals surface area contributed by atoms with Crippen molar-refractivity contribution in [2.24, 2.45) is 22.2 Å². The maximum Gasteiger partial charge on any atom is 0.334 e. The van der Waals surface area contributed by atoms with E-state index in [1.165, 1.54) is 12.5 Å². The quantitative estimate of drug-likeness (QED) is 0.136. The minimum absolute atomic E-state index is 0.00583. The van der Waals surface area contributed by atoms with Crippen LogP contribution in [0.15, 0.2) is 63.2 Å². The molecule has 0 spiro atoms. The van der Waals surface area contributed by atoms with E-state index in [1.807, 2.05) is 32.1 Å². The number of aromatic amines is 1. The van der Waals surface area contributed by atoms with Gasteiger partial charge >= 0.3 is 17.9 Å². The van der Waals surface area contributed by atoms with Crippen molar-refractivity contribution in [3.8, 4) is 0 Å². The van der Waals surface area contributed by atoms with E-state index in [1.54, 1.807) is 14.0 Å². The highest BCUT2D eigenvalue weighted by Crippen LogP contribution is 2.40. The van der Waals surface area contributed by atoms with E-state index in [0.717, 1.165) is 42.2 Å². The number of cyclic esters (lactones) is 1. The van der Waals surface area contributed by atoms with Gasteiger partial charge < -0.3 is 38.5 Å². The highest BCUT2D eigenvalue weighted by atomic mass is 16.6. The summed E-state index contributed by atoms with van der Waals surface area (Å²) in [6, 6.07) is 3.32. The lowest BCUT2D eigenvalue weighted by molar-refractivity contribution is -0.153. The van der Waals surface area contributed by atoms with E-state index >= 15 is 0 Å². The maximum absolute atomic E-state index is 13.7. The van der Waals surface area contributed by atoms with Gasteiger partial charge in [0.1, 0.15) is 23.8 Å². The molecule has 5 heterocycles. The summed E-state index contributed by atoms with van der Waals surface area (Å²) in [4.78, 5) is 48.5. The van der Waals surface area contributed by atoms with Crippen molar-refractivity contribution in [3.05, 3.63) is 69.6 Å². The van der Waals surface area contributed by atoms with Crippen molar-refractivity contribution in [3.63, 3.8) is 0 Å². The average molecular weight is 737 g/mol. The first-order valence-electron chi connectivity index (χ1n) is 18.7. The summed E-state index contributed by atoms with van der Waals surface area (Å²) >= 11 is 0. The van der Waals surface area contributed by atoms with Gasteiger partial charge in [-0.25, -0.2) is 14.6 Å². The van der Waals surface area contributed by atoms with Gasteiger partial charge in [-0.05, 0) is 93.2 Å². The smallest absolute Gasteiger partial charge is 0.334 e. The lowest BCUT2D eigenvalue weighted by atomic mass is 9.83. The maximum atomic E-state index is 13.7. The Morgan fingerprint density at radius 3 is 2.60 bits per heavy atom. The molecule has 1 aromatic heterocycles. The predicted molar refractivity (Wildman–Crippen MR) is 198 cm³/mol. The van der Waals surface area contributed by atoms with Crippen LogP contribution < -0.4 is 0 Å². The highest BCUT2D eigenvalue weighted by Gasteiger charge is 2.57. The van der Waals surface area contributed by atoms with Gasteiger partial charge in [0.05, 0.1) is 19.3 Å². The summed E-state index contributed by atoms with van der Waals surface area (Å²) in [7, 11) is 1.71. The van der Waals surface area contributed by atoms with E-state index in [-0.39, 0.29) is 30.6 Å². The summed E-state index contributed by atoms with van der Waals surface area (Å²) in [6.07, 6.45) is 5.63. The zero-order valence-corrected chi connectivity index (χ0v) is 32.4. The van der Waals surface area contributed by atoms with Crippen LogP contribution in [0, 0.1) is 17.3 Å². The van der Waals surface area contributed by atoms with Crippen molar-refractivity contribution in [1.29, 1.82) is 0 Å². The van der Waals surface area contributed by atoms with E-state index < -0.39 is 54.3 Å². The molecule has 2 fully saturated rings. The fourth-order valence-electron chi connectivity index (χ4n) is 7.15. The highest BCUT2D eigenvalue weighted by molar-refractivity contribution is 5.97. The molecule has 0 radical (unpaired) electrons. The van der Waals surface area contributed by atoms with Crippen LogP contribution in [0.5, 0.6) is 0 Å². The van der Waals surface area contributed by atoms with Crippen LogP contribution in [-0.4, -0.2) is 97.9 Å². The molecule has 6 atom stereocenters. The monoisotopic (exact) mass is 736 g/mol. The normalized spacial score (nSPS) is 31.8. The molecule has 12 nitrogen and oxygen atoms in total. The van der Waals surface area contributed by atoms with Gasteiger partial charge in [-0.1, -0.05) is 39.3 Å². The summed E-state index contributed by atoms with van der Waals surface area (Å²) in [6.45, 7) is 14.1. The topological polar surface area (TPSA) is 155 Å². The SMILES string of the molecule is COCCC/C(C)=C1\CO[C@H](CC(C)C)\C1=C/[C@@H]1N=C2O[C@H]1COC(=O)/C(CC(C)C)=C/C(=O)O[C@H]1[C@H](OC(=O)[C@]1(C)CO)/C(C)=C/Cc1ccc2[nH]1. The number of carbonyl (C=O) groups excluding carboxylic acids is 3. The second-order valence-electron chi connectivity index (χ2n) is 15.7. The van der Waals surface area contributed by atoms with Crippen molar-refractivity contribution >= 4 is 23.8 Å². The number of methoxy groups -OCH3 is 1. The summed E-state index contributed by atoms with van der Waals surface area (Å²) in [5.41, 5.74) is 4.28. The average Bonchev–Trinajstić information content (AvgIpc) is 3.89. The van der Waals surface area contributed by atoms with Crippen LogP contribution in [0.3, 0.4) is 0 Å². The van der Waals surface area contributed by atoms with Gasteiger partial charge in [0.15, 0.2) is 18.3 Å². The molecule has 4 aliphatic rings. The van der Waals surface area contributed by atoms with Gasteiger partial charge in [-0.2, -0.15) is 0 Å². The molecule has 12 heteroatoms. The lowest BCUT2D eigenvalue weighted by Gasteiger charge is -2.27. The Balaban J connectivity index is 1.54. The number of fused-ring (bicyclic) bond motifs is 6. The first kappa shape index (κ1) is 40.2. The van der Waals surface area contributed by atoms with Crippen LogP contribution in [0.1, 0.15) is 85.5 Å². The molecule has 0 aromatic carbocycles. The van der Waals surface area contributed by atoms with Crippen LogP contribution in [0.25, 0.3) is 0 Å². The number of hydrogen-bond acceptors (Lipinski definition) is 11. The largest absolute Gasteiger partial charge is 0.467 e. The number of aliphatic hydroxyl groups excluding tert-OH is 1. The second kappa shape index (κ2) is 17.4. The Morgan fingerprint density at radius 2 is 1.91 bits per heavy atom. The zero-order valence-electron chi connectivity index (χ0n) is 32.4. The second-order valence-corrected chi connectivity index (χ2v) is 15.7. The molecule has 0 unspecified atom stereocenters. The van der Waals surface area contributed by atoms with E-state index in [4.69, 9.17) is 33.4 Å². The Morgan fingerprint density at radius 1 is 1.13 bits per heavy atom. The molecule has 5 rings (SSSR count). The van der Waals surface area contributed by atoms with Gasteiger partial charge in [-0.15, -0.1) is 0 Å². The Hall–Kier alpha value is -4.00. The van der Waals surface area contributed by atoms with Crippen LogP contribution in [0.4, 0.5) is 0 Å². The molecule has 0 aliphatic carbocycles. The number of rotatable bonds is 10. The Labute approximate surface area is 312 Å². The summed E-state index contributed by atoms with van der Waals surface area (Å²) in [5.74, 6) is -1.39. The third-order valence-corrected chi connectivity index (χ3v) is 10.3. The number of H-pyrrole nitrogens is 1. The van der Waals surface area contributed by atoms with Gasteiger partial charge in [-0.3, -0.25) is 4.79 Å². The van der Waals surface area contributed by atoms with Gasteiger partial charge in [0, 0.05) is 37.5 Å². The first-order chi connectivity index (χ1) is 25.2. The molecule has 2 N–H and O–H groups in total. The molecule has 53 heavy (non-hydrogen) atoms.